The summed E-state index contributed by atoms with van der Waals surface area (Å²) in [5, 5.41) is 12.9. The number of nitrogens with one attached hydrogen (secondary N) is 1. The molecular weight excluding hydrogens is 309 g/mol. The molecule has 1 saturated heterocycles. The second-order valence-electron chi connectivity index (χ2n) is 5.95. The minimum absolute atomic E-state index is 0.0994. The summed E-state index contributed by atoms with van der Waals surface area (Å²) in [6, 6.07) is 15.0. The molecule has 1 amide bonds. The molecule has 0 aromatic heterocycles. The summed E-state index contributed by atoms with van der Waals surface area (Å²) in [5.41, 5.74) is 1.46. The van der Waals surface area contributed by atoms with Crippen LogP contribution in [0.2, 0.25) is 0 Å². The van der Waals surface area contributed by atoms with Crippen molar-refractivity contribution in [3.8, 4) is 0 Å². The lowest BCUT2D eigenvalue weighted by Gasteiger charge is -2.20. The largest absolute Gasteiger partial charge is 0.378 e. The van der Waals surface area contributed by atoms with E-state index in [-0.39, 0.29) is 17.8 Å². The van der Waals surface area contributed by atoms with Crippen molar-refractivity contribution < 1.29 is 19.0 Å². The van der Waals surface area contributed by atoms with E-state index >= 15 is 0 Å². The molecule has 2 aromatic rings. The Morgan fingerprint density at radius 3 is 2.62 bits per heavy atom. The Balaban J connectivity index is 1.59. The van der Waals surface area contributed by atoms with Gasteiger partial charge in [0, 0.05) is 19.1 Å². The zero-order chi connectivity index (χ0) is 16.9. The Morgan fingerprint density at radius 2 is 1.92 bits per heavy atom. The topological polar surface area (TPSA) is 58.6 Å². The predicted molar refractivity (Wildman–Crippen MR) is 87.6 cm³/mol. The fourth-order valence-electron chi connectivity index (χ4n) is 2.98. The molecule has 5 heteroatoms. The van der Waals surface area contributed by atoms with Gasteiger partial charge in [-0.25, -0.2) is 4.39 Å². The molecule has 0 saturated carbocycles. The van der Waals surface area contributed by atoms with Crippen LogP contribution in [0.1, 0.15) is 29.8 Å². The van der Waals surface area contributed by atoms with Crippen molar-refractivity contribution in [2.24, 2.45) is 5.92 Å². The van der Waals surface area contributed by atoms with Gasteiger partial charge < -0.3 is 15.2 Å². The van der Waals surface area contributed by atoms with Crippen LogP contribution in [-0.2, 0) is 9.53 Å². The summed E-state index contributed by atoms with van der Waals surface area (Å²) in [4.78, 5) is 12.1. The van der Waals surface area contributed by atoms with E-state index in [2.05, 4.69) is 5.32 Å². The average molecular weight is 329 g/mol. The summed E-state index contributed by atoms with van der Waals surface area (Å²) < 4.78 is 18.8. The van der Waals surface area contributed by atoms with Crippen molar-refractivity contribution >= 4 is 5.91 Å². The number of aliphatic hydroxyl groups excluding tert-OH is 1. The van der Waals surface area contributed by atoms with Gasteiger partial charge >= 0.3 is 0 Å². The number of benzene rings is 2. The van der Waals surface area contributed by atoms with Crippen LogP contribution in [0.15, 0.2) is 54.6 Å². The maximum atomic E-state index is 13.0. The first-order chi connectivity index (χ1) is 11.6. The fourth-order valence-corrected chi connectivity index (χ4v) is 2.98. The lowest BCUT2D eigenvalue weighted by atomic mass is 9.95. The first kappa shape index (κ1) is 16.6. The number of aliphatic hydroxyl groups is 1. The van der Waals surface area contributed by atoms with Crippen LogP contribution in [0.3, 0.4) is 0 Å². The molecule has 2 N–H and O–H groups in total. The van der Waals surface area contributed by atoms with E-state index in [0.29, 0.717) is 18.7 Å². The van der Waals surface area contributed by atoms with Crippen molar-refractivity contribution in [3.05, 3.63) is 71.5 Å². The molecule has 3 atom stereocenters. The molecule has 126 valence electrons. The van der Waals surface area contributed by atoms with Crippen molar-refractivity contribution in [1.29, 1.82) is 0 Å². The number of rotatable bonds is 5. The Kier molecular flexibility index (Phi) is 5.23. The van der Waals surface area contributed by atoms with E-state index in [1.54, 1.807) is 36.4 Å². The third-order valence-electron chi connectivity index (χ3n) is 4.31. The summed E-state index contributed by atoms with van der Waals surface area (Å²) >= 11 is 0. The van der Waals surface area contributed by atoms with Crippen molar-refractivity contribution in [2.75, 3.05) is 13.2 Å². The monoisotopic (exact) mass is 329 g/mol. The van der Waals surface area contributed by atoms with Gasteiger partial charge in [0.2, 0.25) is 0 Å². The van der Waals surface area contributed by atoms with E-state index in [4.69, 9.17) is 4.74 Å². The highest BCUT2D eigenvalue weighted by Crippen LogP contribution is 2.34. The highest BCUT2D eigenvalue weighted by atomic mass is 19.1. The Morgan fingerprint density at radius 1 is 1.21 bits per heavy atom. The first-order valence-corrected chi connectivity index (χ1v) is 8.03. The molecule has 0 bridgehead atoms. The minimum Gasteiger partial charge on any atom is -0.378 e. The van der Waals surface area contributed by atoms with Crippen LogP contribution in [-0.4, -0.2) is 24.2 Å². The summed E-state index contributed by atoms with van der Waals surface area (Å²) in [6.07, 6.45) is -0.540. The number of ether oxygens (including phenoxy) is 1. The van der Waals surface area contributed by atoms with E-state index < -0.39 is 12.0 Å². The SMILES string of the molecule is O=C(NC[C@@H]1CCO[C@H]1c1ccc(F)cc1)[C@@H](O)c1ccccc1. The molecule has 1 heterocycles. The fraction of sp³-hybridized carbons (Fsp3) is 0.316. The molecule has 1 fully saturated rings. The average Bonchev–Trinajstić information content (AvgIpc) is 3.09. The van der Waals surface area contributed by atoms with Gasteiger partial charge in [-0.1, -0.05) is 42.5 Å². The summed E-state index contributed by atoms with van der Waals surface area (Å²) in [7, 11) is 0. The molecular formula is C19H20FNO3. The zero-order valence-electron chi connectivity index (χ0n) is 13.2. The molecule has 4 nitrogen and oxygen atoms in total. The quantitative estimate of drug-likeness (QED) is 0.887. The van der Waals surface area contributed by atoms with Gasteiger partial charge in [-0.05, 0) is 29.7 Å². The van der Waals surface area contributed by atoms with Gasteiger partial charge in [0.05, 0.1) is 6.10 Å². The van der Waals surface area contributed by atoms with Crippen LogP contribution in [0.25, 0.3) is 0 Å². The molecule has 0 radical (unpaired) electrons. The maximum absolute atomic E-state index is 13.0. The normalized spacial score (nSPS) is 21.4. The lowest BCUT2D eigenvalue weighted by molar-refractivity contribution is -0.129. The van der Waals surface area contributed by atoms with E-state index in [9.17, 15) is 14.3 Å². The van der Waals surface area contributed by atoms with Gasteiger partial charge in [0.15, 0.2) is 6.10 Å². The van der Waals surface area contributed by atoms with E-state index in [0.717, 1.165) is 12.0 Å². The van der Waals surface area contributed by atoms with Gasteiger partial charge in [-0.3, -0.25) is 4.79 Å². The van der Waals surface area contributed by atoms with Crippen molar-refractivity contribution in [1.82, 2.24) is 5.32 Å². The molecule has 2 aromatic carbocycles. The Hall–Kier alpha value is -2.24. The zero-order valence-corrected chi connectivity index (χ0v) is 13.2. The number of carbonyl (C=O) groups is 1. The first-order valence-electron chi connectivity index (χ1n) is 8.03. The molecule has 3 rings (SSSR count). The van der Waals surface area contributed by atoms with Crippen LogP contribution in [0.5, 0.6) is 0 Å². The number of halogens is 1. The van der Waals surface area contributed by atoms with Gasteiger partial charge in [0.25, 0.3) is 5.91 Å². The number of hydrogen-bond donors (Lipinski definition) is 2. The number of hydrogen-bond acceptors (Lipinski definition) is 3. The Labute approximate surface area is 140 Å². The second-order valence-corrected chi connectivity index (χ2v) is 5.95. The highest BCUT2D eigenvalue weighted by molar-refractivity contribution is 5.81. The van der Waals surface area contributed by atoms with Crippen molar-refractivity contribution in [2.45, 2.75) is 18.6 Å². The minimum atomic E-state index is -1.18. The summed E-state index contributed by atoms with van der Waals surface area (Å²) in [6.45, 7) is 1.01. The van der Waals surface area contributed by atoms with Gasteiger partial charge in [-0.15, -0.1) is 0 Å². The summed E-state index contributed by atoms with van der Waals surface area (Å²) in [5.74, 6) is -0.610. The van der Waals surface area contributed by atoms with Crippen LogP contribution < -0.4 is 5.32 Å². The molecule has 0 aliphatic carbocycles. The maximum Gasteiger partial charge on any atom is 0.253 e. The molecule has 0 unspecified atom stereocenters. The van der Waals surface area contributed by atoms with Crippen LogP contribution >= 0.6 is 0 Å². The second kappa shape index (κ2) is 7.55. The smallest absolute Gasteiger partial charge is 0.253 e. The van der Waals surface area contributed by atoms with Crippen molar-refractivity contribution in [3.63, 3.8) is 0 Å². The number of amides is 1. The van der Waals surface area contributed by atoms with Crippen LogP contribution in [0.4, 0.5) is 4.39 Å². The Bertz CT molecular complexity index is 675. The number of carbonyl (C=O) groups excluding carboxylic acids is 1. The highest BCUT2D eigenvalue weighted by Gasteiger charge is 2.30. The molecule has 1 aliphatic heterocycles. The third-order valence-corrected chi connectivity index (χ3v) is 4.31. The van der Waals surface area contributed by atoms with Crippen LogP contribution in [0, 0.1) is 11.7 Å². The molecule has 24 heavy (non-hydrogen) atoms. The standard InChI is InChI=1S/C19H20FNO3/c20-16-8-6-14(7-9-16)18-15(10-11-24-18)12-21-19(23)17(22)13-4-2-1-3-5-13/h1-9,15,17-18,22H,10-12H2,(H,21,23)/t15-,17-,18-/m0/s1. The van der Waals surface area contributed by atoms with Gasteiger partial charge in [-0.2, -0.15) is 0 Å². The van der Waals surface area contributed by atoms with E-state index in [1.807, 2.05) is 6.07 Å². The molecule has 0 spiro atoms. The predicted octanol–water partition coefficient (Wildman–Crippen LogP) is 2.75. The third kappa shape index (κ3) is 3.80. The molecule has 1 aliphatic rings. The van der Waals surface area contributed by atoms with Gasteiger partial charge in [0.1, 0.15) is 5.82 Å². The lowest BCUT2D eigenvalue weighted by Crippen LogP contribution is -2.34. The van der Waals surface area contributed by atoms with E-state index in [1.165, 1.54) is 12.1 Å².